The number of hydrogen-bond acceptors (Lipinski definition) is 3. The Balaban J connectivity index is 2.35. The predicted molar refractivity (Wildman–Crippen MR) is 84.3 cm³/mol. The van der Waals surface area contributed by atoms with Crippen molar-refractivity contribution in [3.05, 3.63) is 59.4 Å². The Morgan fingerprint density at radius 1 is 1.24 bits per heavy atom. The SMILES string of the molecule is COc1cccc(N(C)C(CN)c2ccc(F)cc2C)c1. The summed E-state index contributed by atoms with van der Waals surface area (Å²) in [5, 5.41) is 0. The van der Waals surface area contributed by atoms with Crippen molar-refractivity contribution < 1.29 is 9.13 Å². The van der Waals surface area contributed by atoms with E-state index in [1.807, 2.05) is 38.2 Å². The minimum Gasteiger partial charge on any atom is -0.497 e. The van der Waals surface area contributed by atoms with Crippen molar-refractivity contribution in [3.8, 4) is 5.75 Å². The van der Waals surface area contributed by atoms with Crippen LogP contribution in [-0.4, -0.2) is 20.7 Å². The molecule has 0 fully saturated rings. The molecule has 1 atom stereocenters. The molecule has 0 heterocycles. The third kappa shape index (κ3) is 3.34. The van der Waals surface area contributed by atoms with E-state index in [1.54, 1.807) is 13.2 Å². The number of likely N-dealkylation sites (N-methyl/N-ethyl adjacent to an activating group) is 1. The summed E-state index contributed by atoms with van der Waals surface area (Å²) in [6, 6.07) is 12.6. The lowest BCUT2D eigenvalue weighted by Gasteiger charge is -2.30. The van der Waals surface area contributed by atoms with Crippen molar-refractivity contribution in [1.82, 2.24) is 0 Å². The molecule has 0 saturated carbocycles. The highest BCUT2D eigenvalue weighted by molar-refractivity contribution is 5.52. The second kappa shape index (κ2) is 6.59. The second-order valence-electron chi connectivity index (χ2n) is 5.06. The lowest BCUT2D eigenvalue weighted by molar-refractivity contribution is 0.414. The molecule has 2 aromatic rings. The molecule has 0 aliphatic rings. The first-order valence-corrected chi connectivity index (χ1v) is 6.89. The van der Waals surface area contributed by atoms with Crippen molar-refractivity contribution in [3.63, 3.8) is 0 Å². The summed E-state index contributed by atoms with van der Waals surface area (Å²) in [6.45, 7) is 2.35. The number of anilines is 1. The van der Waals surface area contributed by atoms with E-state index in [1.165, 1.54) is 12.1 Å². The van der Waals surface area contributed by atoms with Gasteiger partial charge in [0.05, 0.1) is 13.2 Å². The van der Waals surface area contributed by atoms with Crippen molar-refractivity contribution in [2.45, 2.75) is 13.0 Å². The first-order valence-electron chi connectivity index (χ1n) is 6.89. The summed E-state index contributed by atoms with van der Waals surface area (Å²) in [5.74, 6) is 0.571. The molecule has 112 valence electrons. The average Bonchev–Trinajstić information content (AvgIpc) is 2.50. The molecule has 0 bridgehead atoms. The first-order chi connectivity index (χ1) is 10.1. The van der Waals surface area contributed by atoms with Gasteiger partial charge in [-0.2, -0.15) is 0 Å². The Bertz CT molecular complexity index is 615. The first kappa shape index (κ1) is 15.3. The predicted octanol–water partition coefficient (Wildman–Crippen LogP) is 3.28. The Kier molecular flexibility index (Phi) is 4.81. The highest BCUT2D eigenvalue weighted by Gasteiger charge is 2.18. The largest absolute Gasteiger partial charge is 0.497 e. The highest BCUT2D eigenvalue weighted by Crippen LogP contribution is 2.29. The zero-order valence-electron chi connectivity index (χ0n) is 12.6. The molecule has 0 aliphatic carbocycles. The minimum atomic E-state index is -0.226. The Morgan fingerprint density at radius 2 is 2.00 bits per heavy atom. The molecular formula is C17H21FN2O. The van der Waals surface area contributed by atoms with Gasteiger partial charge in [-0.05, 0) is 42.3 Å². The number of ether oxygens (including phenoxy) is 1. The third-order valence-electron chi connectivity index (χ3n) is 3.74. The molecule has 0 aromatic heterocycles. The maximum absolute atomic E-state index is 13.3. The average molecular weight is 288 g/mol. The maximum Gasteiger partial charge on any atom is 0.123 e. The van der Waals surface area contributed by atoms with Crippen LogP contribution < -0.4 is 15.4 Å². The summed E-state index contributed by atoms with van der Waals surface area (Å²) >= 11 is 0. The molecular weight excluding hydrogens is 267 g/mol. The Hall–Kier alpha value is -2.07. The molecule has 1 unspecified atom stereocenters. The topological polar surface area (TPSA) is 38.5 Å². The van der Waals surface area contributed by atoms with E-state index in [2.05, 4.69) is 4.90 Å². The van der Waals surface area contributed by atoms with Crippen LogP contribution in [0, 0.1) is 12.7 Å². The van der Waals surface area contributed by atoms with Gasteiger partial charge in [-0.3, -0.25) is 0 Å². The fraction of sp³-hybridized carbons (Fsp3) is 0.294. The minimum absolute atomic E-state index is 0.0160. The summed E-state index contributed by atoms with van der Waals surface area (Å²) in [7, 11) is 3.62. The molecule has 4 heteroatoms. The van der Waals surface area contributed by atoms with Gasteiger partial charge in [0.15, 0.2) is 0 Å². The molecule has 2 rings (SSSR count). The van der Waals surface area contributed by atoms with Crippen LogP contribution in [0.3, 0.4) is 0 Å². The van der Waals surface area contributed by atoms with E-state index in [-0.39, 0.29) is 11.9 Å². The van der Waals surface area contributed by atoms with E-state index in [0.717, 1.165) is 22.6 Å². The van der Waals surface area contributed by atoms with Crippen molar-refractivity contribution >= 4 is 5.69 Å². The fourth-order valence-electron chi connectivity index (χ4n) is 2.52. The second-order valence-corrected chi connectivity index (χ2v) is 5.06. The molecule has 21 heavy (non-hydrogen) atoms. The number of methoxy groups -OCH3 is 1. The van der Waals surface area contributed by atoms with Gasteiger partial charge >= 0.3 is 0 Å². The quantitative estimate of drug-likeness (QED) is 0.917. The van der Waals surface area contributed by atoms with Crippen LogP contribution in [0.2, 0.25) is 0 Å². The van der Waals surface area contributed by atoms with Crippen molar-refractivity contribution in [1.29, 1.82) is 0 Å². The van der Waals surface area contributed by atoms with Crippen molar-refractivity contribution in [2.24, 2.45) is 5.73 Å². The van der Waals surface area contributed by atoms with Crippen LogP contribution in [0.25, 0.3) is 0 Å². The molecule has 0 radical (unpaired) electrons. The van der Waals surface area contributed by atoms with Gasteiger partial charge < -0.3 is 15.4 Å². The standard InChI is InChI=1S/C17H21FN2O/c1-12-9-13(18)7-8-16(12)17(11-19)20(2)14-5-4-6-15(10-14)21-3/h4-10,17H,11,19H2,1-3H3. The zero-order valence-corrected chi connectivity index (χ0v) is 12.6. The fourth-order valence-corrected chi connectivity index (χ4v) is 2.52. The lowest BCUT2D eigenvalue weighted by Crippen LogP contribution is -2.31. The van der Waals surface area contributed by atoms with E-state index < -0.39 is 0 Å². The smallest absolute Gasteiger partial charge is 0.123 e. The normalized spacial score (nSPS) is 12.0. The molecule has 0 amide bonds. The molecule has 0 aliphatic heterocycles. The summed E-state index contributed by atoms with van der Waals surface area (Å²) in [4.78, 5) is 2.09. The monoisotopic (exact) mass is 288 g/mol. The summed E-state index contributed by atoms with van der Waals surface area (Å²) in [5.41, 5.74) is 8.90. The number of benzene rings is 2. The van der Waals surface area contributed by atoms with Crippen LogP contribution in [0.4, 0.5) is 10.1 Å². The Labute approximate surface area is 125 Å². The molecule has 3 nitrogen and oxygen atoms in total. The van der Waals surface area contributed by atoms with Crippen LogP contribution in [-0.2, 0) is 0 Å². The van der Waals surface area contributed by atoms with Crippen molar-refractivity contribution in [2.75, 3.05) is 25.6 Å². The van der Waals surface area contributed by atoms with E-state index in [9.17, 15) is 4.39 Å². The molecule has 2 aromatic carbocycles. The third-order valence-corrected chi connectivity index (χ3v) is 3.74. The molecule has 0 spiro atoms. The lowest BCUT2D eigenvalue weighted by atomic mass is 9.99. The summed E-state index contributed by atoms with van der Waals surface area (Å²) in [6.07, 6.45) is 0. The van der Waals surface area contributed by atoms with Crippen LogP contribution in [0.5, 0.6) is 5.75 Å². The number of nitrogens with two attached hydrogens (primary N) is 1. The zero-order chi connectivity index (χ0) is 15.4. The molecule has 2 N–H and O–H groups in total. The highest BCUT2D eigenvalue weighted by atomic mass is 19.1. The van der Waals surface area contributed by atoms with Gasteiger partial charge in [-0.15, -0.1) is 0 Å². The number of aryl methyl sites for hydroxylation is 1. The maximum atomic E-state index is 13.3. The molecule has 0 saturated heterocycles. The summed E-state index contributed by atoms with van der Waals surface area (Å²) < 4.78 is 18.5. The van der Waals surface area contributed by atoms with Gasteiger partial charge in [0.25, 0.3) is 0 Å². The van der Waals surface area contributed by atoms with Gasteiger partial charge in [-0.1, -0.05) is 12.1 Å². The number of halogens is 1. The van der Waals surface area contributed by atoms with E-state index in [4.69, 9.17) is 10.5 Å². The van der Waals surface area contributed by atoms with Crippen LogP contribution in [0.1, 0.15) is 17.2 Å². The van der Waals surface area contributed by atoms with E-state index >= 15 is 0 Å². The van der Waals surface area contributed by atoms with E-state index in [0.29, 0.717) is 6.54 Å². The number of rotatable bonds is 5. The van der Waals surface area contributed by atoms with Crippen LogP contribution >= 0.6 is 0 Å². The number of hydrogen-bond donors (Lipinski definition) is 1. The van der Waals surface area contributed by atoms with Crippen LogP contribution in [0.15, 0.2) is 42.5 Å². The van der Waals surface area contributed by atoms with Gasteiger partial charge in [-0.25, -0.2) is 4.39 Å². The van der Waals surface area contributed by atoms with Gasteiger partial charge in [0.1, 0.15) is 11.6 Å². The van der Waals surface area contributed by atoms with Gasteiger partial charge in [0, 0.05) is 25.3 Å². The van der Waals surface area contributed by atoms with Gasteiger partial charge in [0.2, 0.25) is 0 Å². The number of nitrogens with zero attached hydrogens (tertiary/aromatic N) is 1. The Morgan fingerprint density at radius 3 is 2.62 bits per heavy atom.